The van der Waals surface area contributed by atoms with Gasteiger partial charge in [-0.05, 0) is 26.0 Å². The van der Waals surface area contributed by atoms with Gasteiger partial charge in [-0.1, -0.05) is 29.3 Å². The summed E-state index contributed by atoms with van der Waals surface area (Å²) in [7, 11) is 0. The SMILES string of the molecule is CC(C)(CN)Oc1c(Cl)cccc1Cl. The van der Waals surface area contributed by atoms with Crippen molar-refractivity contribution in [3.8, 4) is 5.75 Å². The normalized spacial score (nSPS) is 11.5. The Balaban J connectivity index is 2.97. The van der Waals surface area contributed by atoms with Crippen LogP contribution in [0.5, 0.6) is 5.75 Å². The van der Waals surface area contributed by atoms with E-state index in [0.29, 0.717) is 22.3 Å². The summed E-state index contributed by atoms with van der Waals surface area (Å²) in [4.78, 5) is 0. The van der Waals surface area contributed by atoms with Gasteiger partial charge < -0.3 is 10.5 Å². The first-order chi connectivity index (χ1) is 6.46. The number of rotatable bonds is 3. The number of benzene rings is 1. The van der Waals surface area contributed by atoms with E-state index in [2.05, 4.69) is 0 Å². The van der Waals surface area contributed by atoms with Crippen LogP contribution in [0.3, 0.4) is 0 Å². The van der Waals surface area contributed by atoms with Crippen LogP contribution in [-0.4, -0.2) is 12.1 Å². The summed E-state index contributed by atoms with van der Waals surface area (Å²) in [5.74, 6) is 0.492. The summed E-state index contributed by atoms with van der Waals surface area (Å²) in [6, 6.07) is 5.23. The maximum absolute atomic E-state index is 5.94. The van der Waals surface area contributed by atoms with Gasteiger partial charge in [-0.25, -0.2) is 0 Å². The van der Waals surface area contributed by atoms with Crippen molar-refractivity contribution in [2.75, 3.05) is 6.54 Å². The third-order valence-corrected chi connectivity index (χ3v) is 2.38. The number of nitrogens with two attached hydrogens (primary N) is 1. The second-order valence-electron chi connectivity index (χ2n) is 3.62. The number of hydrogen-bond acceptors (Lipinski definition) is 2. The molecular formula is C10H13Cl2NO. The highest BCUT2D eigenvalue weighted by molar-refractivity contribution is 6.37. The fourth-order valence-corrected chi connectivity index (χ4v) is 1.37. The van der Waals surface area contributed by atoms with Crippen LogP contribution in [0.1, 0.15) is 13.8 Å². The second kappa shape index (κ2) is 4.39. The molecule has 0 aliphatic rings. The Morgan fingerprint density at radius 3 is 2.21 bits per heavy atom. The van der Waals surface area contributed by atoms with Gasteiger partial charge in [0.2, 0.25) is 0 Å². The van der Waals surface area contributed by atoms with Gasteiger partial charge in [0.05, 0.1) is 10.0 Å². The molecule has 0 heterocycles. The molecule has 0 radical (unpaired) electrons. The monoisotopic (exact) mass is 233 g/mol. The van der Waals surface area contributed by atoms with Crippen molar-refractivity contribution in [1.82, 2.24) is 0 Å². The predicted molar refractivity (Wildman–Crippen MR) is 60.2 cm³/mol. The summed E-state index contributed by atoms with van der Waals surface area (Å²) < 4.78 is 5.62. The summed E-state index contributed by atoms with van der Waals surface area (Å²) >= 11 is 11.9. The van der Waals surface area contributed by atoms with E-state index < -0.39 is 5.60 Å². The first-order valence-electron chi connectivity index (χ1n) is 4.29. The Morgan fingerprint density at radius 2 is 1.79 bits per heavy atom. The Kier molecular flexibility index (Phi) is 3.65. The molecule has 0 aliphatic carbocycles. The molecule has 4 heteroatoms. The molecule has 0 atom stereocenters. The van der Waals surface area contributed by atoms with Gasteiger partial charge >= 0.3 is 0 Å². The van der Waals surface area contributed by atoms with Gasteiger partial charge in [-0.2, -0.15) is 0 Å². The lowest BCUT2D eigenvalue weighted by molar-refractivity contribution is 0.119. The van der Waals surface area contributed by atoms with Crippen LogP contribution in [0.15, 0.2) is 18.2 Å². The van der Waals surface area contributed by atoms with Crippen LogP contribution in [0.25, 0.3) is 0 Å². The number of hydrogen-bond donors (Lipinski definition) is 1. The number of para-hydroxylation sites is 1. The van der Waals surface area contributed by atoms with Crippen LogP contribution >= 0.6 is 23.2 Å². The molecule has 0 fully saturated rings. The third kappa shape index (κ3) is 2.77. The molecule has 0 spiro atoms. The van der Waals surface area contributed by atoms with E-state index in [1.54, 1.807) is 18.2 Å². The zero-order valence-corrected chi connectivity index (χ0v) is 9.69. The van der Waals surface area contributed by atoms with Gasteiger partial charge in [-0.3, -0.25) is 0 Å². The van der Waals surface area contributed by atoms with Crippen LogP contribution in [0.4, 0.5) is 0 Å². The second-order valence-corrected chi connectivity index (χ2v) is 4.43. The standard InChI is InChI=1S/C10H13Cl2NO/c1-10(2,6-13)14-9-7(11)4-3-5-8(9)12/h3-5H,6,13H2,1-2H3. The number of halogens is 2. The molecule has 1 aromatic rings. The van der Waals surface area contributed by atoms with Crippen LogP contribution in [0.2, 0.25) is 10.0 Å². The van der Waals surface area contributed by atoms with Crippen molar-refractivity contribution in [2.45, 2.75) is 19.4 Å². The largest absolute Gasteiger partial charge is 0.483 e. The minimum absolute atomic E-state index is 0.397. The Morgan fingerprint density at radius 1 is 1.29 bits per heavy atom. The first-order valence-corrected chi connectivity index (χ1v) is 5.05. The first kappa shape index (κ1) is 11.6. The molecule has 1 aromatic carbocycles. The molecule has 0 unspecified atom stereocenters. The Labute approximate surface area is 94.0 Å². The van der Waals surface area contributed by atoms with E-state index in [0.717, 1.165) is 0 Å². The molecule has 0 aromatic heterocycles. The minimum Gasteiger partial charge on any atom is -0.483 e. The van der Waals surface area contributed by atoms with Crippen LogP contribution < -0.4 is 10.5 Å². The average Bonchev–Trinajstić information content (AvgIpc) is 2.12. The molecule has 78 valence electrons. The van der Waals surface area contributed by atoms with Crippen molar-refractivity contribution in [1.29, 1.82) is 0 Å². The molecule has 0 saturated heterocycles. The topological polar surface area (TPSA) is 35.2 Å². The molecule has 0 aliphatic heterocycles. The van der Waals surface area contributed by atoms with E-state index >= 15 is 0 Å². The lowest BCUT2D eigenvalue weighted by atomic mass is 10.1. The molecule has 0 bridgehead atoms. The van der Waals surface area contributed by atoms with E-state index in [1.807, 2.05) is 13.8 Å². The van der Waals surface area contributed by atoms with Crippen molar-refractivity contribution in [3.05, 3.63) is 28.2 Å². The summed E-state index contributed by atoms with van der Waals surface area (Å²) in [6.45, 7) is 4.16. The molecule has 14 heavy (non-hydrogen) atoms. The highest BCUT2D eigenvalue weighted by atomic mass is 35.5. The van der Waals surface area contributed by atoms with Crippen LogP contribution in [0, 0.1) is 0 Å². The fraction of sp³-hybridized carbons (Fsp3) is 0.400. The van der Waals surface area contributed by atoms with Crippen molar-refractivity contribution >= 4 is 23.2 Å². The summed E-state index contributed by atoms with van der Waals surface area (Å²) in [6.07, 6.45) is 0. The van der Waals surface area contributed by atoms with E-state index in [-0.39, 0.29) is 0 Å². The van der Waals surface area contributed by atoms with E-state index in [4.69, 9.17) is 33.7 Å². The fourth-order valence-electron chi connectivity index (χ4n) is 0.898. The average molecular weight is 234 g/mol. The molecule has 2 N–H and O–H groups in total. The molecule has 0 amide bonds. The zero-order valence-electron chi connectivity index (χ0n) is 8.18. The maximum atomic E-state index is 5.94. The minimum atomic E-state index is -0.464. The van der Waals surface area contributed by atoms with Gasteiger partial charge in [0.1, 0.15) is 5.60 Å². The molecule has 0 saturated carbocycles. The number of ether oxygens (including phenoxy) is 1. The van der Waals surface area contributed by atoms with Crippen molar-refractivity contribution in [3.63, 3.8) is 0 Å². The predicted octanol–water partition coefficient (Wildman–Crippen LogP) is 3.11. The van der Waals surface area contributed by atoms with Gasteiger partial charge in [-0.15, -0.1) is 0 Å². The highest BCUT2D eigenvalue weighted by Crippen LogP contribution is 2.34. The maximum Gasteiger partial charge on any atom is 0.157 e. The Bertz CT molecular complexity index is 306. The molecule has 1 rings (SSSR count). The molecule has 2 nitrogen and oxygen atoms in total. The smallest absolute Gasteiger partial charge is 0.157 e. The highest BCUT2D eigenvalue weighted by Gasteiger charge is 2.20. The zero-order chi connectivity index (χ0) is 10.8. The van der Waals surface area contributed by atoms with Crippen molar-refractivity contribution in [2.24, 2.45) is 5.73 Å². The van der Waals surface area contributed by atoms with Gasteiger partial charge in [0.15, 0.2) is 5.75 Å². The Hall–Kier alpha value is -0.440. The van der Waals surface area contributed by atoms with Crippen molar-refractivity contribution < 1.29 is 4.74 Å². The van der Waals surface area contributed by atoms with Crippen LogP contribution in [-0.2, 0) is 0 Å². The quantitative estimate of drug-likeness (QED) is 0.871. The van der Waals surface area contributed by atoms with Gasteiger partial charge in [0.25, 0.3) is 0 Å². The van der Waals surface area contributed by atoms with E-state index in [1.165, 1.54) is 0 Å². The lowest BCUT2D eigenvalue weighted by Gasteiger charge is -2.25. The summed E-state index contributed by atoms with van der Waals surface area (Å²) in [5.41, 5.74) is 5.08. The molecular weight excluding hydrogens is 221 g/mol. The summed E-state index contributed by atoms with van der Waals surface area (Å²) in [5, 5.41) is 0.998. The lowest BCUT2D eigenvalue weighted by Crippen LogP contribution is -2.37. The van der Waals surface area contributed by atoms with Gasteiger partial charge in [0, 0.05) is 6.54 Å². The third-order valence-electron chi connectivity index (χ3n) is 1.79. The van der Waals surface area contributed by atoms with E-state index in [9.17, 15) is 0 Å².